The second kappa shape index (κ2) is 4.50. The van der Waals surface area contributed by atoms with Crippen LogP contribution in [0.1, 0.15) is 11.3 Å². The smallest absolute Gasteiger partial charge is 0.188 e. The van der Waals surface area contributed by atoms with Crippen molar-refractivity contribution in [2.45, 2.75) is 6.92 Å². The third kappa shape index (κ3) is 2.31. The average molecular weight is 251 g/mol. The van der Waals surface area contributed by atoms with Crippen molar-refractivity contribution in [3.8, 4) is 0 Å². The van der Waals surface area contributed by atoms with E-state index in [2.05, 4.69) is 20.5 Å². The molecule has 0 radical (unpaired) electrons. The highest BCUT2D eigenvalue weighted by Crippen LogP contribution is 2.21. The molecule has 0 bridgehead atoms. The van der Waals surface area contributed by atoms with Gasteiger partial charge in [-0.1, -0.05) is 12.2 Å². The minimum Gasteiger partial charge on any atom is -0.389 e. The number of thiazole rings is 1. The number of nitrogens with zero attached hydrogens (tertiary/aromatic N) is 3. The predicted molar refractivity (Wildman–Crippen MR) is 68.1 cm³/mol. The molecular weight excluding hydrogens is 242 g/mol. The highest BCUT2D eigenvalue weighted by atomic mass is 32.1. The molecule has 0 saturated heterocycles. The van der Waals surface area contributed by atoms with E-state index in [9.17, 15) is 0 Å². The second-order valence-corrected chi connectivity index (χ2v) is 4.37. The lowest BCUT2D eigenvalue weighted by Crippen LogP contribution is -2.13. The van der Waals surface area contributed by atoms with Crippen molar-refractivity contribution in [2.75, 3.05) is 5.32 Å². The van der Waals surface area contributed by atoms with Crippen LogP contribution in [0.4, 0.5) is 10.9 Å². The molecule has 3 N–H and O–H groups in total. The molecule has 5 nitrogen and oxygen atoms in total. The molecule has 0 saturated carbocycles. The summed E-state index contributed by atoms with van der Waals surface area (Å²) < 4.78 is 0. The Morgan fingerprint density at radius 2 is 2.38 bits per heavy atom. The first-order valence-electron chi connectivity index (χ1n) is 4.47. The molecule has 0 atom stereocenters. The van der Waals surface area contributed by atoms with Crippen molar-refractivity contribution in [1.29, 1.82) is 0 Å². The second-order valence-electron chi connectivity index (χ2n) is 3.08. The molecule has 16 heavy (non-hydrogen) atoms. The van der Waals surface area contributed by atoms with Gasteiger partial charge in [0.15, 0.2) is 10.9 Å². The van der Waals surface area contributed by atoms with E-state index in [1.807, 2.05) is 12.3 Å². The summed E-state index contributed by atoms with van der Waals surface area (Å²) in [7, 11) is 0. The molecule has 82 valence electrons. The van der Waals surface area contributed by atoms with Gasteiger partial charge in [0.05, 0.1) is 17.5 Å². The molecular formula is C9H9N5S2. The zero-order valence-corrected chi connectivity index (χ0v) is 10.1. The van der Waals surface area contributed by atoms with Crippen LogP contribution in [-0.4, -0.2) is 20.2 Å². The fourth-order valence-electron chi connectivity index (χ4n) is 1.14. The molecule has 7 heteroatoms. The van der Waals surface area contributed by atoms with Gasteiger partial charge < -0.3 is 11.1 Å². The van der Waals surface area contributed by atoms with Crippen LogP contribution in [0.2, 0.25) is 0 Å². The zero-order valence-electron chi connectivity index (χ0n) is 8.47. The SMILES string of the molecule is Cc1csc(Nc2nnccc2C(N)=S)n1. The van der Waals surface area contributed by atoms with E-state index in [4.69, 9.17) is 18.0 Å². The highest BCUT2D eigenvalue weighted by Gasteiger charge is 2.08. The van der Waals surface area contributed by atoms with Crippen molar-refractivity contribution in [1.82, 2.24) is 15.2 Å². The number of thiocarbonyl (C=S) groups is 1. The van der Waals surface area contributed by atoms with Gasteiger partial charge in [-0.05, 0) is 13.0 Å². The Hall–Kier alpha value is -1.60. The van der Waals surface area contributed by atoms with Crippen LogP contribution in [0, 0.1) is 6.92 Å². The fourth-order valence-corrected chi connectivity index (χ4v) is 1.99. The summed E-state index contributed by atoms with van der Waals surface area (Å²) in [5.41, 5.74) is 7.20. The van der Waals surface area contributed by atoms with E-state index >= 15 is 0 Å². The Balaban J connectivity index is 2.31. The van der Waals surface area contributed by atoms with Crippen molar-refractivity contribution >= 4 is 39.5 Å². The Labute approximate surface area is 102 Å². The minimum absolute atomic E-state index is 0.283. The summed E-state index contributed by atoms with van der Waals surface area (Å²) in [6.45, 7) is 1.92. The summed E-state index contributed by atoms with van der Waals surface area (Å²) in [6, 6.07) is 1.72. The lowest BCUT2D eigenvalue weighted by atomic mass is 10.3. The van der Waals surface area contributed by atoms with Gasteiger partial charge in [0.1, 0.15) is 4.99 Å². The summed E-state index contributed by atoms with van der Waals surface area (Å²) in [6.07, 6.45) is 1.55. The number of nitrogens with one attached hydrogen (secondary N) is 1. The van der Waals surface area contributed by atoms with E-state index < -0.39 is 0 Å². The third-order valence-electron chi connectivity index (χ3n) is 1.83. The van der Waals surface area contributed by atoms with Crippen molar-refractivity contribution in [3.63, 3.8) is 0 Å². The van der Waals surface area contributed by atoms with E-state index in [0.29, 0.717) is 11.4 Å². The van der Waals surface area contributed by atoms with Gasteiger partial charge in [-0.15, -0.1) is 16.4 Å². The molecule has 0 aliphatic rings. The molecule has 0 amide bonds. The molecule has 2 rings (SSSR count). The predicted octanol–water partition coefficient (Wildman–Crippen LogP) is 1.62. The number of nitrogens with two attached hydrogens (primary N) is 1. The van der Waals surface area contributed by atoms with Crippen LogP contribution in [0.5, 0.6) is 0 Å². The number of anilines is 2. The Bertz CT molecular complexity index is 522. The number of rotatable bonds is 3. The lowest BCUT2D eigenvalue weighted by molar-refractivity contribution is 1.03. The topological polar surface area (TPSA) is 76.7 Å². The maximum atomic E-state index is 5.58. The number of hydrogen-bond acceptors (Lipinski definition) is 6. The first kappa shape index (κ1) is 10.9. The van der Waals surface area contributed by atoms with Crippen LogP contribution in [0.25, 0.3) is 0 Å². The van der Waals surface area contributed by atoms with Crippen LogP contribution in [0.3, 0.4) is 0 Å². The molecule has 2 aromatic rings. The fraction of sp³-hybridized carbons (Fsp3) is 0.111. The Kier molecular flexibility index (Phi) is 3.07. The van der Waals surface area contributed by atoms with Crippen LogP contribution < -0.4 is 11.1 Å². The molecule has 0 spiro atoms. The number of aryl methyl sites for hydroxylation is 1. The Morgan fingerprint density at radius 3 is 3.00 bits per heavy atom. The van der Waals surface area contributed by atoms with Gasteiger partial charge in [-0.25, -0.2) is 4.98 Å². The van der Waals surface area contributed by atoms with Gasteiger partial charge >= 0.3 is 0 Å². The number of aromatic nitrogens is 3. The van der Waals surface area contributed by atoms with Crippen molar-refractivity contribution in [2.24, 2.45) is 5.73 Å². The maximum absolute atomic E-state index is 5.58. The highest BCUT2D eigenvalue weighted by molar-refractivity contribution is 7.80. The van der Waals surface area contributed by atoms with Gasteiger partial charge in [-0.3, -0.25) is 0 Å². The van der Waals surface area contributed by atoms with E-state index in [-0.39, 0.29) is 4.99 Å². The molecule has 0 aliphatic heterocycles. The lowest BCUT2D eigenvalue weighted by Gasteiger charge is -2.05. The largest absolute Gasteiger partial charge is 0.389 e. The van der Waals surface area contributed by atoms with Gasteiger partial charge in [0.2, 0.25) is 0 Å². The molecule has 2 aromatic heterocycles. The Morgan fingerprint density at radius 1 is 1.56 bits per heavy atom. The zero-order chi connectivity index (χ0) is 11.5. The molecule has 0 aromatic carbocycles. The average Bonchev–Trinajstić information content (AvgIpc) is 2.64. The van der Waals surface area contributed by atoms with Crippen molar-refractivity contribution in [3.05, 3.63) is 28.9 Å². The monoisotopic (exact) mass is 251 g/mol. The summed E-state index contributed by atoms with van der Waals surface area (Å²) in [4.78, 5) is 4.54. The first-order chi connectivity index (χ1) is 7.66. The first-order valence-corrected chi connectivity index (χ1v) is 5.76. The summed E-state index contributed by atoms with van der Waals surface area (Å²) >= 11 is 6.41. The molecule has 0 unspecified atom stereocenters. The summed E-state index contributed by atoms with van der Waals surface area (Å²) in [5, 5.41) is 13.5. The quantitative estimate of drug-likeness (QED) is 0.807. The maximum Gasteiger partial charge on any atom is 0.188 e. The van der Waals surface area contributed by atoms with Gasteiger partial charge in [0, 0.05) is 5.38 Å². The summed E-state index contributed by atoms with van der Waals surface area (Å²) in [5.74, 6) is 0.532. The van der Waals surface area contributed by atoms with Crippen LogP contribution in [0.15, 0.2) is 17.6 Å². The van der Waals surface area contributed by atoms with E-state index in [1.165, 1.54) is 11.3 Å². The standard InChI is InChI=1S/C9H9N5S2/c1-5-4-16-9(12-5)13-8-6(7(10)15)2-3-11-14-8/h2-4H,1H3,(H2,10,15)(H,12,13,14). The molecule has 0 fully saturated rings. The molecule has 2 heterocycles. The third-order valence-corrected chi connectivity index (χ3v) is 2.93. The van der Waals surface area contributed by atoms with Crippen LogP contribution >= 0.6 is 23.6 Å². The van der Waals surface area contributed by atoms with Gasteiger partial charge in [-0.2, -0.15) is 5.10 Å². The van der Waals surface area contributed by atoms with Crippen molar-refractivity contribution < 1.29 is 0 Å². The molecule has 0 aliphatic carbocycles. The van der Waals surface area contributed by atoms with E-state index in [1.54, 1.807) is 12.3 Å². The van der Waals surface area contributed by atoms with Crippen LogP contribution in [-0.2, 0) is 0 Å². The minimum atomic E-state index is 0.283. The number of hydrogen-bond donors (Lipinski definition) is 2. The van der Waals surface area contributed by atoms with Gasteiger partial charge in [0.25, 0.3) is 0 Å². The normalized spacial score (nSPS) is 10.1. The van der Waals surface area contributed by atoms with E-state index in [0.717, 1.165) is 10.8 Å².